The lowest BCUT2D eigenvalue weighted by atomic mass is 10.0. The molecule has 0 spiro atoms. The molecule has 0 amide bonds. The van der Waals surface area contributed by atoms with Crippen LogP contribution in [0, 0.1) is 6.92 Å². The van der Waals surface area contributed by atoms with Crippen molar-refractivity contribution in [2.75, 3.05) is 11.9 Å². The number of esters is 1. The number of carbonyl (C=O) groups excluding carboxylic acids is 1. The third-order valence-electron chi connectivity index (χ3n) is 6.29. The van der Waals surface area contributed by atoms with E-state index < -0.39 is 5.97 Å². The van der Waals surface area contributed by atoms with E-state index in [1.165, 1.54) is 5.56 Å². The van der Waals surface area contributed by atoms with Crippen LogP contribution in [0.2, 0.25) is 0 Å². The van der Waals surface area contributed by atoms with Crippen molar-refractivity contribution in [2.24, 2.45) is 0 Å². The molecule has 1 unspecified atom stereocenters. The molecule has 3 aromatic carbocycles. The van der Waals surface area contributed by atoms with Crippen LogP contribution >= 0.6 is 0 Å². The average Bonchev–Trinajstić information content (AvgIpc) is 3.34. The Hall–Kier alpha value is -3.93. The van der Waals surface area contributed by atoms with Crippen LogP contribution in [0.25, 0.3) is 10.9 Å². The van der Waals surface area contributed by atoms with E-state index in [0.717, 1.165) is 29.9 Å². The first-order valence-corrected chi connectivity index (χ1v) is 11.7. The number of ether oxygens (including phenoxy) is 1. The van der Waals surface area contributed by atoms with E-state index in [-0.39, 0.29) is 18.2 Å². The van der Waals surface area contributed by atoms with Gasteiger partial charge in [0.15, 0.2) is 0 Å². The number of hydrogen-bond acceptors (Lipinski definition) is 5. The molecule has 1 aromatic heterocycles. The second-order valence-electron chi connectivity index (χ2n) is 8.72. The Balaban J connectivity index is 1.28. The molecular formula is C28H27N3O3. The Morgan fingerprint density at radius 2 is 1.88 bits per heavy atom. The topological polar surface area (TPSA) is 73.2 Å². The second kappa shape index (κ2) is 9.51. The molecular weight excluding hydrogens is 426 g/mol. The average molecular weight is 454 g/mol. The maximum Gasteiger partial charge on any atom is 0.338 e. The van der Waals surface area contributed by atoms with Gasteiger partial charge in [-0.2, -0.15) is 0 Å². The van der Waals surface area contributed by atoms with Crippen molar-refractivity contribution in [2.45, 2.75) is 38.8 Å². The molecule has 1 atom stereocenters. The normalized spacial score (nSPS) is 13.4. The van der Waals surface area contributed by atoms with Crippen LogP contribution < -0.4 is 10.9 Å². The lowest BCUT2D eigenvalue weighted by Crippen LogP contribution is -2.21. The Morgan fingerprint density at radius 3 is 2.68 bits per heavy atom. The summed E-state index contributed by atoms with van der Waals surface area (Å²) in [5.41, 5.74) is 4.27. The van der Waals surface area contributed by atoms with Crippen molar-refractivity contribution >= 4 is 22.6 Å². The molecule has 0 aliphatic carbocycles. The van der Waals surface area contributed by atoms with Gasteiger partial charge in [-0.05, 0) is 49.2 Å². The summed E-state index contributed by atoms with van der Waals surface area (Å²) in [4.78, 5) is 30.0. The third-order valence-corrected chi connectivity index (χ3v) is 6.29. The largest absolute Gasteiger partial charge is 0.462 e. The van der Waals surface area contributed by atoms with Gasteiger partial charge in [0.25, 0.3) is 5.56 Å². The predicted molar refractivity (Wildman–Crippen MR) is 133 cm³/mol. The van der Waals surface area contributed by atoms with Crippen LogP contribution in [-0.4, -0.2) is 22.1 Å². The third kappa shape index (κ3) is 4.57. The number of carbonyl (C=O) groups is 1. The first-order chi connectivity index (χ1) is 16.6. The van der Waals surface area contributed by atoms with E-state index in [1.54, 1.807) is 22.8 Å². The van der Waals surface area contributed by atoms with Gasteiger partial charge < -0.3 is 10.1 Å². The number of aryl methyl sites for hydroxylation is 2. The molecule has 172 valence electrons. The van der Waals surface area contributed by atoms with E-state index in [9.17, 15) is 9.59 Å². The van der Waals surface area contributed by atoms with Crippen LogP contribution in [0.5, 0.6) is 0 Å². The summed E-state index contributed by atoms with van der Waals surface area (Å²) in [7, 11) is 0. The Bertz CT molecular complexity index is 1380. The van der Waals surface area contributed by atoms with E-state index in [2.05, 4.69) is 53.6 Å². The fourth-order valence-electron chi connectivity index (χ4n) is 4.42. The molecule has 1 N–H and O–H groups in total. The molecule has 0 fully saturated rings. The smallest absolute Gasteiger partial charge is 0.338 e. The zero-order valence-corrected chi connectivity index (χ0v) is 19.2. The zero-order valence-electron chi connectivity index (χ0n) is 19.2. The van der Waals surface area contributed by atoms with E-state index >= 15 is 0 Å². The molecule has 5 rings (SSSR count). The number of fused-ring (bicyclic) bond motifs is 2. The van der Waals surface area contributed by atoms with Gasteiger partial charge >= 0.3 is 5.97 Å². The van der Waals surface area contributed by atoms with Crippen molar-refractivity contribution in [1.29, 1.82) is 0 Å². The fourth-order valence-corrected chi connectivity index (χ4v) is 4.42. The van der Waals surface area contributed by atoms with E-state index in [1.807, 2.05) is 18.2 Å². The van der Waals surface area contributed by atoms with Crippen molar-refractivity contribution in [3.63, 3.8) is 0 Å². The van der Waals surface area contributed by atoms with Crippen molar-refractivity contribution in [3.8, 4) is 0 Å². The van der Waals surface area contributed by atoms with Crippen molar-refractivity contribution in [3.05, 3.63) is 106 Å². The molecule has 0 saturated carbocycles. The minimum absolute atomic E-state index is 0.00221. The fraction of sp³-hybridized carbons (Fsp3) is 0.250. The van der Waals surface area contributed by atoms with Crippen molar-refractivity contribution < 1.29 is 9.53 Å². The minimum atomic E-state index is -0.411. The van der Waals surface area contributed by atoms with Gasteiger partial charge in [-0.1, -0.05) is 48.0 Å². The first-order valence-electron chi connectivity index (χ1n) is 11.7. The summed E-state index contributed by atoms with van der Waals surface area (Å²) in [6.07, 6.45) is 2.33. The van der Waals surface area contributed by atoms with Gasteiger partial charge in [0.1, 0.15) is 5.82 Å². The van der Waals surface area contributed by atoms with Gasteiger partial charge in [-0.3, -0.25) is 9.36 Å². The Morgan fingerprint density at radius 1 is 1.09 bits per heavy atom. The highest BCUT2D eigenvalue weighted by atomic mass is 16.5. The van der Waals surface area contributed by atoms with Crippen LogP contribution in [0.3, 0.4) is 0 Å². The molecule has 0 radical (unpaired) electrons. The van der Waals surface area contributed by atoms with Gasteiger partial charge in [0.05, 0.1) is 29.1 Å². The van der Waals surface area contributed by atoms with E-state index in [0.29, 0.717) is 29.4 Å². The zero-order chi connectivity index (χ0) is 23.5. The molecule has 6 nitrogen and oxygen atoms in total. The van der Waals surface area contributed by atoms with Crippen LogP contribution in [0.1, 0.15) is 46.2 Å². The maximum absolute atomic E-state index is 12.8. The molecule has 0 saturated heterocycles. The number of rotatable bonds is 7. The monoisotopic (exact) mass is 453 g/mol. The van der Waals surface area contributed by atoms with Crippen LogP contribution in [0.4, 0.5) is 5.69 Å². The highest BCUT2D eigenvalue weighted by Gasteiger charge is 2.18. The molecule has 1 aliphatic rings. The molecule has 34 heavy (non-hydrogen) atoms. The summed E-state index contributed by atoms with van der Waals surface area (Å²) in [6.45, 7) is 3.03. The summed E-state index contributed by atoms with van der Waals surface area (Å²) in [5.74, 6) is 0.377. The molecule has 2 heterocycles. The first kappa shape index (κ1) is 21.9. The summed E-state index contributed by atoms with van der Waals surface area (Å²) in [6, 6.07) is 23.4. The van der Waals surface area contributed by atoms with Crippen LogP contribution in [-0.2, 0) is 17.7 Å². The van der Waals surface area contributed by atoms with E-state index in [4.69, 9.17) is 4.74 Å². The van der Waals surface area contributed by atoms with Crippen LogP contribution in [0.15, 0.2) is 77.6 Å². The number of nitrogens with one attached hydrogen (secondary N) is 1. The Labute approximate surface area is 198 Å². The molecule has 0 bridgehead atoms. The SMILES string of the molecule is Cc1ccc(NC(CCOC(=O)c2ccc3c(=O)n4c(nc3c2)CCC4)c2ccccc2)cc1. The van der Waals surface area contributed by atoms with Gasteiger partial charge in [-0.25, -0.2) is 9.78 Å². The number of benzene rings is 3. The maximum atomic E-state index is 12.8. The molecule has 1 aliphatic heterocycles. The van der Waals surface area contributed by atoms with Crippen molar-refractivity contribution in [1.82, 2.24) is 9.55 Å². The number of aromatic nitrogens is 2. The summed E-state index contributed by atoms with van der Waals surface area (Å²) < 4.78 is 7.35. The second-order valence-corrected chi connectivity index (χ2v) is 8.72. The lowest BCUT2D eigenvalue weighted by Gasteiger charge is -2.20. The number of nitrogens with zero attached hydrogens (tertiary/aromatic N) is 2. The highest BCUT2D eigenvalue weighted by molar-refractivity contribution is 5.94. The summed E-state index contributed by atoms with van der Waals surface area (Å²) in [5, 5.41) is 4.09. The number of hydrogen-bond donors (Lipinski definition) is 1. The minimum Gasteiger partial charge on any atom is -0.462 e. The van der Waals surface area contributed by atoms with Gasteiger partial charge in [-0.15, -0.1) is 0 Å². The number of anilines is 1. The predicted octanol–water partition coefficient (Wildman–Crippen LogP) is 5.05. The quantitative estimate of drug-likeness (QED) is 0.397. The lowest BCUT2D eigenvalue weighted by molar-refractivity contribution is 0.0495. The Kier molecular flexibility index (Phi) is 6.12. The van der Waals surface area contributed by atoms with Gasteiger partial charge in [0, 0.05) is 25.1 Å². The highest BCUT2D eigenvalue weighted by Crippen LogP contribution is 2.23. The summed E-state index contributed by atoms with van der Waals surface area (Å²) >= 11 is 0. The molecule has 4 aromatic rings. The standard InChI is InChI=1S/C28H27N3O3/c1-19-9-12-22(13-10-19)29-24(20-6-3-2-4-7-20)15-17-34-28(33)21-11-14-23-25(18-21)30-26-8-5-16-31(26)27(23)32/h2-4,6-7,9-14,18,24,29H,5,8,15-17H2,1H3. The van der Waals surface area contributed by atoms with Gasteiger partial charge in [0.2, 0.25) is 0 Å². The molecule has 6 heteroatoms.